The van der Waals surface area contributed by atoms with E-state index in [1.165, 1.54) is 25.7 Å². The molecule has 1 aliphatic rings. The number of anilines is 1. The minimum absolute atomic E-state index is 0.401. The molecule has 4 rings (SSSR count). The fourth-order valence-corrected chi connectivity index (χ4v) is 3.57. The van der Waals surface area contributed by atoms with Crippen LogP contribution in [-0.4, -0.2) is 31.7 Å². The van der Waals surface area contributed by atoms with Gasteiger partial charge in [0, 0.05) is 31.0 Å². The van der Waals surface area contributed by atoms with Crippen molar-refractivity contribution >= 4 is 11.5 Å². The standard InChI is InChI=1S/C20H26N6/c1-14(2)22-13-17-19(18-9-5-6-12-26(18)25-17)16-10-11-21-20(24-16)23-15-7-3-4-8-15/h5-6,9-12,14-15,22H,3-4,7-8,13H2,1-2H3,(H,21,23,24). The molecule has 6 heteroatoms. The van der Waals surface area contributed by atoms with E-state index in [9.17, 15) is 0 Å². The largest absolute Gasteiger partial charge is 0.351 e. The average Bonchev–Trinajstić information content (AvgIpc) is 3.27. The third kappa shape index (κ3) is 3.55. The molecule has 0 aliphatic heterocycles. The quantitative estimate of drug-likeness (QED) is 0.710. The molecule has 0 atom stereocenters. The number of nitrogens with one attached hydrogen (secondary N) is 2. The van der Waals surface area contributed by atoms with E-state index in [0.29, 0.717) is 24.6 Å². The lowest BCUT2D eigenvalue weighted by molar-refractivity contribution is 0.579. The van der Waals surface area contributed by atoms with Gasteiger partial charge in [-0.05, 0) is 31.0 Å². The first kappa shape index (κ1) is 17.0. The van der Waals surface area contributed by atoms with Crippen LogP contribution in [0.15, 0.2) is 36.7 Å². The number of hydrogen-bond acceptors (Lipinski definition) is 5. The van der Waals surface area contributed by atoms with Crippen molar-refractivity contribution in [1.29, 1.82) is 0 Å². The van der Waals surface area contributed by atoms with Crippen molar-refractivity contribution in [3.05, 3.63) is 42.4 Å². The molecule has 136 valence electrons. The SMILES string of the molecule is CC(C)NCc1nn2ccccc2c1-c1ccnc(NC2CCCC2)n1. The predicted octanol–water partition coefficient (Wildman–Crippen LogP) is 3.64. The van der Waals surface area contributed by atoms with Crippen LogP contribution in [0.25, 0.3) is 16.8 Å². The minimum atomic E-state index is 0.401. The minimum Gasteiger partial charge on any atom is -0.351 e. The van der Waals surface area contributed by atoms with Gasteiger partial charge in [0.25, 0.3) is 0 Å². The van der Waals surface area contributed by atoms with E-state index in [-0.39, 0.29) is 0 Å². The fourth-order valence-electron chi connectivity index (χ4n) is 3.57. The Labute approximate surface area is 154 Å². The van der Waals surface area contributed by atoms with Gasteiger partial charge in [0.1, 0.15) is 0 Å². The summed E-state index contributed by atoms with van der Waals surface area (Å²) < 4.78 is 1.93. The van der Waals surface area contributed by atoms with E-state index in [1.807, 2.05) is 35.1 Å². The van der Waals surface area contributed by atoms with E-state index in [1.54, 1.807) is 0 Å². The van der Waals surface area contributed by atoms with Crippen LogP contribution in [0.2, 0.25) is 0 Å². The molecule has 0 amide bonds. The average molecular weight is 350 g/mol. The number of pyridine rings is 1. The van der Waals surface area contributed by atoms with Crippen LogP contribution in [0.1, 0.15) is 45.2 Å². The molecule has 2 N–H and O–H groups in total. The lowest BCUT2D eigenvalue weighted by Gasteiger charge is -2.12. The number of fused-ring (bicyclic) bond motifs is 1. The van der Waals surface area contributed by atoms with E-state index < -0.39 is 0 Å². The molecule has 0 unspecified atom stereocenters. The summed E-state index contributed by atoms with van der Waals surface area (Å²) in [5.74, 6) is 0.715. The molecule has 6 nitrogen and oxygen atoms in total. The smallest absolute Gasteiger partial charge is 0.223 e. The molecular formula is C20H26N6. The molecule has 3 heterocycles. The van der Waals surface area contributed by atoms with Gasteiger partial charge in [-0.1, -0.05) is 32.8 Å². The highest BCUT2D eigenvalue weighted by Crippen LogP contribution is 2.28. The molecule has 0 bridgehead atoms. The molecular weight excluding hydrogens is 324 g/mol. The van der Waals surface area contributed by atoms with Crippen LogP contribution in [-0.2, 0) is 6.54 Å². The van der Waals surface area contributed by atoms with Crippen molar-refractivity contribution in [2.45, 2.75) is 58.2 Å². The molecule has 0 radical (unpaired) electrons. The maximum absolute atomic E-state index is 4.81. The zero-order chi connectivity index (χ0) is 17.9. The summed E-state index contributed by atoms with van der Waals surface area (Å²) in [7, 11) is 0. The molecule has 1 saturated carbocycles. The van der Waals surface area contributed by atoms with Gasteiger partial charge in [-0.25, -0.2) is 14.5 Å². The Bertz CT molecular complexity index is 879. The topological polar surface area (TPSA) is 67.1 Å². The molecule has 3 aromatic rings. The van der Waals surface area contributed by atoms with Gasteiger partial charge >= 0.3 is 0 Å². The highest BCUT2D eigenvalue weighted by Gasteiger charge is 2.18. The fraction of sp³-hybridized carbons (Fsp3) is 0.450. The van der Waals surface area contributed by atoms with Gasteiger partial charge in [-0.2, -0.15) is 5.10 Å². The first-order chi connectivity index (χ1) is 12.7. The maximum Gasteiger partial charge on any atom is 0.223 e. The second kappa shape index (κ2) is 7.41. The lowest BCUT2D eigenvalue weighted by Crippen LogP contribution is -2.22. The molecule has 1 aliphatic carbocycles. The first-order valence-electron chi connectivity index (χ1n) is 9.50. The van der Waals surface area contributed by atoms with Gasteiger partial charge in [-0.3, -0.25) is 0 Å². The predicted molar refractivity (Wildman–Crippen MR) is 104 cm³/mol. The second-order valence-electron chi connectivity index (χ2n) is 7.28. The lowest BCUT2D eigenvalue weighted by atomic mass is 10.1. The second-order valence-corrected chi connectivity index (χ2v) is 7.28. The van der Waals surface area contributed by atoms with Crippen molar-refractivity contribution in [2.75, 3.05) is 5.32 Å². The molecule has 3 aromatic heterocycles. The number of aromatic nitrogens is 4. The van der Waals surface area contributed by atoms with Crippen molar-refractivity contribution in [1.82, 2.24) is 24.9 Å². The van der Waals surface area contributed by atoms with Gasteiger partial charge in [-0.15, -0.1) is 0 Å². The van der Waals surface area contributed by atoms with E-state index in [2.05, 4.69) is 35.5 Å². The van der Waals surface area contributed by atoms with Crippen LogP contribution in [0.5, 0.6) is 0 Å². The van der Waals surface area contributed by atoms with Crippen molar-refractivity contribution in [3.8, 4) is 11.3 Å². The zero-order valence-electron chi connectivity index (χ0n) is 15.4. The van der Waals surface area contributed by atoms with Crippen LogP contribution in [0.3, 0.4) is 0 Å². The Morgan fingerprint density at radius 3 is 2.85 bits per heavy atom. The van der Waals surface area contributed by atoms with Crippen LogP contribution in [0, 0.1) is 0 Å². The molecule has 26 heavy (non-hydrogen) atoms. The van der Waals surface area contributed by atoms with Crippen LogP contribution in [0.4, 0.5) is 5.95 Å². The third-order valence-corrected chi connectivity index (χ3v) is 4.89. The summed E-state index contributed by atoms with van der Waals surface area (Å²) in [5, 5.41) is 11.7. The van der Waals surface area contributed by atoms with E-state index in [0.717, 1.165) is 22.5 Å². The normalized spacial score (nSPS) is 15.2. The van der Waals surface area contributed by atoms with Crippen molar-refractivity contribution in [2.24, 2.45) is 0 Å². The van der Waals surface area contributed by atoms with Gasteiger partial charge in [0.2, 0.25) is 5.95 Å². The van der Waals surface area contributed by atoms with E-state index in [4.69, 9.17) is 10.1 Å². The summed E-state index contributed by atoms with van der Waals surface area (Å²) in [4.78, 5) is 9.24. The summed E-state index contributed by atoms with van der Waals surface area (Å²) in [6.45, 7) is 5.00. The van der Waals surface area contributed by atoms with Crippen LogP contribution >= 0.6 is 0 Å². The number of hydrogen-bond donors (Lipinski definition) is 2. The van der Waals surface area contributed by atoms with Crippen molar-refractivity contribution < 1.29 is 0 Å². The summed E-state index contributed by atoms with van der Waals surface area (Å²) >= 11 is 0. The zero-order valence-corrected chi connectivity index (χ0v) is 15.4. The number of nitrogens with zero attached hydrogens (tertiary/aromatic N) is 4. The van der Waals surface area contributed by atoms with Gasteiger partial charge in [0.15, 0.2) is 0 Å². The summed E-state index contributed by atoms with van der Waals surface area (Å²) in [6.07, 6.45) is 8.80. The Morgan fingerprint density at radius 2 is 2.04 bits per heavy atom. The maximum atomic E-state index is 4.81. The summed E-state index contributed by atoms with van der Waals surface area (Å²) in [6, 6.07) is 9.00. The van der Waals surface area contributed by atoms with Crippen molar-refractivity contribution in [3.63, 3.8) is 0 Å². The molecule has 0 aromatic carbocycles. The molecule has 1 fully saturated rings. The Balaban J connectivity index is 1.71. The third-order valence-electron chi connectivity index (χ3n) is 4.89. The Kier molecular flexibility index (Phi) is 4.84. The Hall–Kier alpha value is -2.47. The van der Waals surface area contributed by atoms with E-state index >= 15 is 0 Å². The highest BCUT2D eigenvalue weighted by atomic mass is 15.2. The van der Waals surface area contributed by atoms with Crippen LogP contribution < -0.4 is 10.6 Å². The monoisotopic (exact) mass is 350 g/mol. The molecule has 0 saturated heterocycles. The number of rotatable bonds is 6. The van der Waals surface area contributed by atoms with Gasteiger partial charge < -0.3 is 10.6 Å². The Morgan fingerprint density at radius 1 is 1.19 bits per heavy atom. The first-order valence-corrected chi connectivity index (χ1v) is 9.50. The summed E-state index contributed by atoms with van der Waals surface area (Å²) in [5.41, 5.74) is 4.08. The van der Waals surface area contributed by atoms with Gasteiger partial charge in [0.05, 0.1) is 22.5 Å². The molecule has 0 spiro atoms. The highest BCUT2D eigenvalue weighted by molar-refractivity contribution is 5.80.